The minimum absolute atomic E-state index is 0.0406. The summed E-state index contributed by atoms with van der Waals surface area (Å²) in [5, 5.41) is 6.68. The first-order chi connectivity index (χ1) is 18.0. The molecule has 1 aromatic carbocycles. The molecule has 0 aliphatic heterocycles. The van der Waals surface area contributed by atoms with Crippen LogP contribution in [0.3, 0.4) is 0 Å². The molecule has 4 rings (SSSR count). The van der Waals surface area contributed by atoms with Crippen molar-refractivity contribution in [3.8, 4) is 11.3 Å². The van der Waals surface area contributed by atoms with Crippen molar-refractivity contribution in [3.63, 3.8) is 0 Å². The van der Waals surface area contributed by atoms with Gasteiger partial charge in [0.05, 0.1) is 16.7 Å². The van der Waals surface area contributed by atoms with Gasteiger partial charge in [-0.2, -0.15) is 0 Å². The number of fused-ring (bicyclic) bond motifs is 1. The minimum atomic E-state index is -0.413. The van der Waals surface area contributed by atoms with Crippen LogP contribution in [0.5, 0.6) is 0 Å². The number of nitrogen functional groups attached to an aromatic ring is 1. The number of anilines is 2. The molecule has 2 aromatic heterocycles. The van der Waals surface area contributed by atoms with Crippen LogP contribution >= 0.6 is 0 Å². The highest BCUT2D eigenvalue weighted by atomic mass is 16.5. The Labute approximate surface area is 223 Å². The molecular weight excluding hydrogens is 480 g/mol. The lowest BCUT2D eigenvalue weighted by Gasteiger charge is -2.26. The van der Waals surface area contributed by atoms with Crippen LogP contribution in [-0.2, 0) is 21.4 Å². The smallest absolute Gasteiger partial charge is 0.250 e. The molecule has 1 unspecified atom stereocenters. The van der Waals surface area contributed by atoms with E-state index >= 15 is 0 Å². The molecule has 3 aromatic rings. The van der Waals surface area contributed by atoms with Gasteiger partial charge in [0.25, 0.3) is 5.91 Å². The lowest BCUT2D eigenvalue weighted by molar-refractivity contribution is -0.126. The molecule has 0 bridgehead atoms. The van der Waals surface area contributed by atoms with E-state index in [1.54, 1.807) is 14.0 Å². The number of carbonyl (C=O) groups excluding carboxylic acids is 2. The summed E-state index contributed by atoms with van der Waals surface area (Å²) in [6, 6.07) is 7.66. The van der Waals surface area contributed by atoms with Crippen LogP contribution in [0.25, 0.3) is 27.9 Å². The molecule has 0 fully saturated rings. The van der Waals surface area contributed by atoms with Crippen molar-refractivity contribution in [1.82, 2.24) is 19.9 Å². The van der Waals surface area contributed by atoms with Gasteiger partial charge in [-0.05, 0) is 63.3 Å². The highest BCUT2D eigenvalue weighted by Crippen LogP contribution is 2.42. The second-order valence-electron chi connectivity index (χ2n) is 10.4. The zero-order valence-electron chi connectivity index (χ0n) is 22.7. The Morgan fingerprint density at radius 2 is 1.95 bits per heavy atom. The molecule has 200 valence electrons. The summed E-state index contributed by atoms with van der Waals surface area (Å²) in [4.78, 5) is 33.7. The number of nitrogens with two attached hydrogens (primary N) is 1. The van der Waals surface area contributed by atoms with E-state index in [9.17, 15) is 9.59 Å². The molecule has 1 aliphatic carbocycles. The van der Waals surface area contributed by atoms with E-state index < -0.39 is 5.60 Å². The van der Waals surface area contributed by atoms with Gasteiger partial charge in [-0.25, -0.2) is 9.97 Å². The topological polar surface area (TPSA) is 124 Å². The van der Waals surface area contributed by atoms with Gasteiger partial charge >= 0.3 is 0 Å². The van der Waals surface area contributed by atoms with E-state index in [2.05, 4.69) is 33.3 Å². The van der Waals surface area contributed by atoms with Crippen LogP contribution in [0.2, 0.25) is 0 Å². The molecule has 0 radical (unpaired) electrons. The maximum Gasteiger partial charge on any atom is 0.250 e. The summed E-state index contributed by atoms with van der Waals surface area (Å²) in [6.45, 7) is 9.71. The van der Waals surface area contributed by atoms with E-state index in [4.69, 9.17) is 10.5 Å². The molecule has 38 heavy (non-hydrogen) atoms. The molecule has 1 aliphatic rings. The summed E-state index contributed by atoms with van der Waals surface area (Å²) in [5.41, 5.74) is 11.8. The number of rotatable bonds is 8. The third-order valence-electron chi connectivity index (χ3n) is 7.14. The van der Waals surface area contributed by atoms with Gasteiger partial charge in [0.2, 0.25) is 5.91 Å². The van der Waals surface area contributed by atoms with Crippen molar-refractivity contribution in [1.29, 1.82) is 0 Å². The largest absolute Gasteiger partial charge is 0.383 e. The van der Waals surface area contributed by atoms with Gasteiger partial charge in [-0.3, -0.25) is 9.59 Å². The Morgan fingerprint density at radius 3 is 2.55 bits per heavy atom. The fourth-order valence-corrected chi connectivity index (χ4v) is 4.69. The number of allylic oxidation sites excluding steroid dienone is 2. The first-order valence-corrected chi connectivity index (χ1v) is 12.7. The average molecular weight is 517 g/mol. The summed E-state index contributed by atoms with van der Waals surface area (Å²) >= 11 is 0. The standard InChI is InChI=1S/C29H36N6O3/c1-17(2)27(36)34-21-13-11-19(12-14-21)24-22(23-25(30)32-16-33-26(23)35(24)5)18-7-9-20(10-8-18)28(37)31-15-29(3,4)38-6/h7,11-14,16,20H,1,8-10,15H2,2-6H3,(H,31,37)(H,34,36)(H2,30,32,33). The van der Waals surface area contributed by atoms with Crippen LogP contribution < -0.4 is 16.4 Å². The number of nitrogens with one attached hydrogen (secondary N) is 2. The van der Waals surface area contributed by atoms with Gasteiger partial charge in [-0.1, -0.05) is 24.8 Å². The molecule has 2 amide bonds. The normalized spacial score (nSPS) is 15.7. The van der Waals surface area contributed by atoms with E-state index in [0.717, 1.165) is 46.3 Å². The number of ether oxygens (including phenoxy) is 1. The number of benzene rings is 1. The second kappa shape index (κ2) is 10.8. The fourth-order valence-electron chi connectivity index (χ4n) is 4.69. The zero-order valence-corrected chi connectivity index (χ0v) is 22.7. The van der Waals surface area contributed by atoms with Crippen LogP contribution in [0.4, 0.5) is 11.5 Å². The Kier molecular flexibility index (Phi) is 7.68. The number of amides is 2. The van der Waals surface area contributed by atoms with Crippen LogP contribution in [-0.4, -0.2) is 45.6 Å². The third-order valence-corrected chi connectivity index (χ3v) is 7.14. The number of nitrogens with zero attached hydrogens (tertiary/aromatic N) is 3. The summed E-state index contributed by atoms with van der Waals surface area (Å²) < 4.78 is 7.44. The highest BCUT2D eigenvalue weighted by molar-refractivity contribution is 6.05. The fraction of sp³-hybridized carbons (Fsp3) is 0.379. The van der Waals surface area contributed by atoms with Gasteiger partial charge in [0.15, 0.2) is 0 Å². The lowest BCUT2D eigenvalue weighted by Crippen LogP contribution is -2.42. The Morgan fingerprint density at radius 1 is 1.24 bits per heavy atom. The van der Waals surface area contributed by atoms with Gasteiger partial charge in [-0.15, -0.1) is 0 Å². The van der Waals surface area contributed by atoms with E-state index in [0.29, 0.717) is 30.0 Å². The van der Waals surface area contributed by atoms with E-state index in [-0.39, 0.29) is 17.7 Å². The molecule has 9 heteroatoms. The van der Waals surface area contributed by atoms with Gasteiger partial charge in [0.1, 0.15) is 17.8 Å². The molecule has 9 nitrogen and oxygen atoms in total. The molecule has 0 saturated heterocycles. The highest BCUT2D eigenvalue weighted by Gasteiger charge is 2.28. The van der Waals surface area contributed by atoms with Crippen molar-refractivity contribution in [2.75, 3.05) is 24.7 Å². The van der Waals surface area contributed by atoms with Crippen molar-refractivity contribution in [3.05, 3.63) is 54.4 Å². The molecule has 2 heterocycles. The van der Waals surface area contributed by atoms with Crippen LogP contribution in [0, 0.1) is 5.92 Å². The summed E-state index contributed by atoms with van der Waals surface area (Å²) in [7, 11) is 3.60. The first-order valence-electron chi connectivity index (χ1n) is 12.7. The quantitative estimate of drug-likeness (QED) is 0.380. The Hall–Kier alpha value is -3.98. The Bertz CT molecular complexity index is 1420. The average Bonchev–Trinajstić information content (AvgIpc) is 3.21. The van der Waals surface area contributed by atoms with Crippen LogP contribution in [0.15, 0.2) is 48.8 Å². The number of aryl methyl sites for hydroxylation is 1. The number of methoxy groups -OCH3 is 1. The SMILES string of the molecule is C=C(C)C(=O)Nc1ccc(-c2c(C3=CCC(C(=O)NCC(C)(C)OC)CC3)c3c(N)ncnc3n2C)cc1. The third kappa shape index (κ3) is 5.47. The van der Waals surface area contributed by atoms with Crippen molar-refractivity contribution < 1.29 is 14.3 Å². The maximum absolute atomic E-state index is 12.8. The lowest BCUT2D eigenvalue weighted by atomic mass is 9.84. The predicted molar refractivity (Wildman–Crippen MR) is 151 cm³/mol. The molecular formula is C29H36N6O3. The number of hydrogen-bond donors (Lipinski definition) is 3. The zero-order chi connectivity index (χ0) is 27.6. The van der Waals surface area contributed by atoms with Crippen molar-refractivity contribution >= 4 is 39.9 Å². The summed E-state index contributed by atoms with van der Waals surface area (Å²) in [6.07, 6.45) is 5.68. The minimum Gasteiger partial charge on any atom is -0.383 e. The number of aromatic nitrogens is 3. The van der Waals surface area contributed by atoms with E-state index in [1.807, 2.05) is 49.7 Å². The predicted octanol–water partition coefficient (Wildman–Crippen LogP) is 4.46. The summed E-state index contributed by atoms with van der Waals surface area (Å²) in [5.74, 6) is 0.135. The molecule has 0 saturated carbocycles. The molecule has 0 spiro atoms. The van der Waals surface area contributed by atoms with E-state index in [1.165, 1.54) is 6.33 Å². The van der Waals surface area contributed by atoms with Crippen molar-refractivity contribution in [2.45, 2.75) is 45.6 Å². The van der Waals surface area contributed by atoms with Gasteiger partial charge < -0.3 is 25.7 Å². The number of carbonyl (C=O) groups is 2. The molecule has 4 N–H and O–H groups in total. The molecule has 1 atom stereocenters. The maximum atomic E-state index is 12.8. The Balaban J connectivity index is 1.68. The second-order valence-corrected chi connectivity index (χ2v) is 10.4. The van der Waals surface area contributed by atoms with Gasteiger partial charge in [0, 0.05) is 43.4 Å². The first kappa shape index (κ1) is 27.1. The van der Waals surface area contributed by atoms with Crippen LogP contribution in [0.1, 0.15) is 45.6 Å². The number of hydrogen-bond acceptors (Lipinski definition) is 6. The monoisotopic (exact) mass is 516 g/mol. The van der Waals surface area contributed by atoms with Crippen molar-refractivity contribution in [2.24, 2.45) is 13.0 Å².